The van der Waals surface area contributed by atoms with Crippen LogP contribution in [0.2, 0.25) is 5.02 Å². The lowest BCUT2D eigenvalue weighted by Crippen LogP contribution is -2.14. The summed E-state index contributed by atoms with van der Waals surface area (Å²) in [6.07, 6.45) is 0. The Hall–Kier alpha value is -2.20. The number of benzene rings is 1. The summed E-state index contributed by atoms with van der Waals surface area (Å²) in [6, 6.07) is 4.05. The van der Waals surface area contributed by atoms with Crippen molar-refractivity contribution in [3.63, 3.8) is 0 Å². The lowest BCUT2D eigenvalue weighted by molar-refractivity contribution is -0.384. The molecule has 0 aliphatic rings. The molecule has 0 aliphatic carbocycles. The largest absolute Gasteiger partial charge is 0.325 e. The summed E-state index contributed by atoms with van der Waals surface area (Å²) in [7, 11) is 1.66. The number of aromatic nitrogens is 4. The average molecular weight is 329 g/mol. The van der Waals surface area contributed by atoms with Gasteiger partial charge in [0.15, 0.2) is 0 Å². The lowest BCUT2D eigenvalue weighted by Gasteiger charge is -2.05. The maximum atomic E-state index is 11.8. The summed E-state index contributed by atoms with van der Waals surface area (Å²) >= 11 is 6.84. The number of carbonyl (C=O) groups excluding carboxylic acids is 1. The molecule has 21 heavy (non-hydrogen) atoms. The molecular formula is C10H9ClN6O3S. The molecule has 0 saturated carbocycles. The van der Waals surface area contributed by atoms with Gasteiger partial charge in [-0.1, -0.05) is 23.4 Å². The van der Waals surface area contributed by atoms with Gasteiger partial charge < -0.3 is 5.32 Å². The number of anilines is 1. The number of nitrogens with one attached hydrogen (secondary N) is 1. The van der Waals surface area contributed by atoms with Gasteiger partial charge in [0.2, 0.25) is 11.1 Å². The Morgan fingerprint density at radius 2 is 2.33 bits per heavy atom. The Labute approximate surface area is 127 Å². The topological polar surface area (TPSA) is 116 Å². The summed E-state index contributed by atoms with van der Waals surface area (Å²) < 4.78 is 1.44. The SMILES string of the molecule is Cn1nnnc1SCC(=O)Nc1ccc(Cl)c([N+](=O)[O-])c1. The van der Waals surface area contributed by atoms with Gasteiger partial charge in [0.25, 0.3) is 5.69 Å². The number of amides is 1. The predicted octanol–water partition coefficient (Wildman–Crippen LogP) is 1.50. The highest BCUT2D eigenvalue weighted by Crippen LogP contribution is 2.27. The molecule has 0 unspecified atom stereocenters. The van der Waals surface area contributed by atoms with Gasteiger partial charge in [-0.05, 0) is 22.6 Å². The summed E-state index contributed by atoms with van der Waals surface area (Å²) in [5.41, 5.74) is 0.0346. The van der Waals surface area contributed by atoms with Crippen LogP contribution >= 0.6 is 23.4 Å². The van der Waals surface area contributed by atoms with Crippen molar-refractivity contribution in [3.8, 4) is 0 Å². The van der Waals surface area contributed by atoms with Crippen LogP contribution in [0.25, 0.3) is 0 Å². The average Bonchev–Trinajstić information content (AvgIpc) is 2.84. The van der Waals surface area contributed by atoms with Crippen molar-refractivity contribution >= 4 is 40.6 Å². The van der Waals surface area contributed by atoms with E-state index in [-0.39, 0.29) is 22.4 Å². The zero-order valence-electron chi connectivity index (χ0n) is 10.7. The van der Waals surface area contributed by atoms with Gasteiger partial charge in [-0.15, -0.1) is 5.10 Å². The molecule has 110 valence electrons. The van der Waals surface area contributed by atoms with Crippen molar-refractivity contribution in [1.29, 1.82) is 0 Å². The molecule has 9 nitrogen and oxygen atoms in total. The number of thioether (sulfide) groups is 1. The van der Waals surface area contributed by atoms with Crippen LogP contribution in [0.1, 0.15) is 0 Å². The molecular weight excluding hydrogens is 320 g/mol. The quantitative estimate of drug-likeness (QED) is 0.502. The maximum absolute atomic E-state index is 11.8. The number of tetrazole rings is 1. The fourth-order valence-corrected chi connectivity index (χ4v) is 2.24. The van der Waals surface area contributed by atoms with Crippen LogP contribution in [0, 0.1) is 10.1 Å². The van der Waals surface area contributed by atoms with E-state index >= 15 is 0 Å². The van der Waals surface area contributed by atoms with E-state index in [1.165, 1.54) is 22.9 Å². The number of nitro benzene ring substituents is 1. The fraction of sp³-hybridized carbons (Fsp3) is 0.200. The van der Waals surface area contributed by atoms with Crippen molar-refractivity contribution in [1.82, 2.24) is 20.2 Å². The van der Waals surface area contributed by atoms with E-state index in [4.69, 9.17) is 11.6 Å². The Kier molecular flexibility index (Phi) is 4.70. The van der Waals surface area contributed by atoms with E-state index in [1.807, 2.05) is 0 Å². The number of nitrogens with zero attached hydrogens (tertiary/aromatic N) is 5. The van der Waals surface area contributed by atoms with Crippen molar-refractivity contribution in [2.75, 3.05) is 11.1 Å². The van der Waals surface area contributed by atoms with Crippen LogP contribution in [-0.2, 0) is 11.8 Å². The minimum Gasteiger partial charge on any atom is -0.325 e. The van der Waals surface area contributed by atoms with Crippen molar-refractivity contribution in [3.05, 3.63) is 33.3 Å². The van der Waals surface area contributed by atoms with Crippen molar-refractivity contribution in [2.45, 2.75) is 5.16 Å². The van der Waals surface area contributed by atoms with Crippen LogP contribution in [-0.4, -0.2) is 36.8 Å². The molecule has 0 fully saturated rings. The van der Waals surface area contributed by atoms with Gasteiger partial charge >= 0.3 is 0 Å². The molecule has 0 spiro atoms. The number of nitro groups is 1. The number of hydrogen-bond donors (Lipinski definition) is 1. The molecule has 0 aliphatic heterocycles. The summed E-state index contributed by atoms with van der Waals surface area (Å²) in [5.74, 6) is -0.260. The molecule has 0 radical (unpaired) electrons. The third-order valence-corrected chi connectivity index (χ3v) is 3.67. The first kappa shape index (κ1) is 15.2. The molecule has 11 heteroatoms. The van der Waals surface area contributed by atoms with E-state index < -0.39 is 4.92 Å². The van der Waals surface area contributed by atoms with E-state index in [0.717, 1.165) is 11.8 Å². The first-order valence-electron chi connectivity index (χ1n) is 5.56. The zero-order valence-corrected chi connectivity index (χ0v) is 12.3. The van der Waals surface area contributed by atoms with Gasteiger partial charge in [0.1, 0.15) is 5.02 Å². The normalized spacial score (nSPS) is 10.4. The third kappa shape index (κ3) is 3.89. The van der Waals surface area contributed by atoms with Gasteiger partial charge in [0, 0.05) is 18.8 Å². The molecule has 1 amide bonds. The second-order valence-corrected chi connectivity index (χ2v) is 5.19. The molecule has 0 bridgehead atoms. The molecule has 1 N–H and O–H groups in total. The summed E-state index contributed by atoms with van der Waals surface area (Å²) in [5, 5.41) is 24.6. The summed E-state index contributed by atoms with van der Waals surface area (Å²) in [6.45, 7) is 0. The monoisotopic (exact) mass is 328 g/mol. The standard InChI is InChI=1S/C10H9ClN6O3S/c1-16-10(13-14-15-16)21-5-9(18)12-6-2-3-7(11)8(4-6)17(19)20/h2-4H,5H2,1H3,(H,12,18). The van der Waals surface area contributed by atoms with E-state index in [1.54, 1.807) is 7.05 Å². The number of halogens is 1. The molecule has 1 aromatic carbocycles. The van der Waals surface area contributed by atoms with Crippen LogP contribution in [0.15, 0.2) is 23.4 Å². The Morgan fingerprint density at radius 1 is 1.57 bits per heavy atom. The van der Waals surface area contributed by atoms with E-state index in [2.05, 4.69) is 20.8 Å². The smallest absolute Gasteiger partial charge is 0.289 e. The van der Waals surface area contributed by atoms with Gasteiger partial charge in [-0.2, -0.15) is 0 Å². The van der Waals surface area contributed by atoms with E-state index in [9.17, 15) is 14.9 Å². The van der Waals surface area contributed by atoms with Gasteiger partial charge in [-0.3, -0.25) is 14.9 Å². The molecule has 0 saturated heterocycles. The summed E-state index contributed by atoms with van der Waals surface area (Å²) in [4.78, 5) is 21.9. The van der Waals surface area contributed by atoms with Crippen LogP contribution in [0.4, 0.5) is 11.4 Å². The van der Waals surface area contributed by atoms with Crippen molar-refractivity contribution < 1.29 is 9.72 Å². The molecule has 1 aromatic heterocycles. The highest BCUT2D eigenvalue weighted by atomic mass is 35.5. The van der Waals surface area contributed by atoms with Crippen LogP contribution < -0.4 is 5.32 Å². The Bertz CT molecular complexity index is 691. The minimum absolute atomic E-state index is 0.0116. The second-order valence-electron chi connectivity index (χ2n) is 3.85. The molecule has 0 atom stereocenters. The highest BCUT2D eigenvalue weighted by Gasteiger charge is 2.14. The number of hydrogen-bond acceptors (Lipinski definition) is 7. The predicted molar refractivity (Wildman–Crippen MR) is 76.3 cm³/mol. The molecule has 2 rings (SSSR count). The number of aryl methyl sites for hydroxylation is 1. The van der Waals surface area contributed by atoms with Crippen molar-refractivity contribution in [2.24, 2.45) is 7.05 Å². The van der Waals surface area contributed by atoms with Gasteiger partial charge in [0.05, 0.1) is 10.7 Å². The Morgan fingerprint density at radius 3 is 2.95 bits per heavy atom. The second kappa shape index (κ2) is 6.50. The molecule has 2 aromatic rings. The zero-order chi connectivity index (χ0) is 15.4. The molecule has 1 heterocycles. The third-order valence-electron chi connectivity index (χ3n) is 2.34. The lowest BCUT2D eigenvalue weighted by atomic mass is 10.3. The number of carbonyl (C=O) groups is 1. The van der Waals surface area contributed by atoms with Gasteiger partial charge in [-0.25, -0.2) is 4.68 Å². The van der Waals surface area contributed by atoms with E-state index in [0.29, 0.717) is 10.8 Å². The van der Waals surface area contributed by atoms with Crippen LogP contribution in [0.5, 0.6) is 0 Å². The number of rotatable bonds is 5. The highest BCUT2D eigenvalue weighted by molar-refractivity contribution is 7.99. The fourth-order valence-electron chi connectivity index (χ4n) is 1.40. The van der Waals surface area contributed by atoms with Crippen LogP contribution in [0.3, 0.4) is 0 Å². The minimum atomic E-state index is -0.613. The Balaban J connectivity index is 1.98. The first-order chi connectivity index (χ1) is 9.97. The maximum Gasteiger partial charge on any atom is 0.289 e. The first-order valence-corrected chi connectivity index (χ1v) is 6.92.